The number of aliphatic imine (C=N–C) groups is 1. The van der Waals surface area contributed by atoms with Gasteiger partial charge in [-0.15, -0.1) is 0 Å². The summed E-state index contributed by atoms with van der Waals surface area (Å²) in [6.45, 7) is 0.270. The van der Waals surface area contributed by atoms with Gasteiger partial charge in [0, 0.05) is 0 Å². The Balaban J connectivity index is 1.38. The number of rotatable bonds is 5. The Kier molecular flexibility index (Phi) is 5.63. The Hall–Kier alpha value is -3.42. The van der Waals surface area contributed by atoms with Gasteiger partial charge in [-0.05, 0) is 47.5 Å². The SMILES string of the molecule is Fc1cccc(F)c1C1=NC(COc2ccc(-c3ccc(C(F)(F)F)cc3)cc2)CO1. The van der Waals surface area contributed by atoms with Crippen molar-refractivity contribution in [2.24, 2.45) is 4.99 Å². The van der Waals surface area contributed by atoms with Crippen molar-refractivity contribution in [1.82, 2.24) is 0 Å². The molecule has 0 aliphatic carbocycles. The smallest absolute Gasteiger partial charge is 0.416 e. The van der Waals surface area contributed by atoms with Crippen LogP contribution < -0.4 is 4.74 Å². The van der Waals surface area contributed by atoms with E-state index in [9.17, 15) is 22.0 Å². The molecule has 0 saturated carbocycles. The summed E-state index contributed by atoms with van der Waals surface area (Å²) in [5, 5.41) is 0. The first-order valence-electron chi connectivity index (χ1n) is 9.37. The second-order valence-corrected chi connectivity index (χ2v) is 6.91. The zero-order valence-corrected chi connectivity index (χ0v) is 16.0. The van der Waals surface area contributed by atoms with Crippen molar-refractivity contribution in [3.05, 3.63) is 89.5 Å². The van der Waals surface area contributed by atoms with Crippen LogP contribution in [0.15, 0.2) is 71.7 Å². The molecule has 8 heteroatoms. The number of hydrogen-bond acceptors (Lipinski definition) is 3. The van der Waals surface area contributed by atoms with Crippen molar-refractivity contribution in [1.29, 1.82) is 0 Å². The Labute approximate surface area is 174 Å². The molecule has 31 heavy (non-hydrogen) atoms. The molecule has 160 valence electrons. The molecule has 0 amide bonds. The molecular weight excluding hydrogens is 417 g/mol. The third-order valence-corrected chi connectivity index (χ3v) is 4.73. The van der Waals surface area contributed by atoms with E-state index in [-0.39, 0.29) is 24.7 Å². The van der Waals surface area contributed by atoms with E-state index in [2.05, 4.69) is 4.99 Å². The van der Waals surface area contributed by atoms with Crippen LogP contribution in [0.25, 0.3) is 11.1 Å². The van der Waals surface area contributed by atoms with Crippen molar-refractivity contribution in [2.45, 2.75) is 12.2 Å². The summed E-state index contributed by atoms with van der Waals surface area (Å²) in [5.74, 6) is -1.07. The second kappa shape index (κ2) is 8.37. The van der Waals surface area contributed by atoms with Crippen molar-refractivity contribution in [3.63, 3.8) is 0 Å². The first-order chi connectivity index (χ1) is 14.8. The molecule has 3 aromatic rings. The Morgan fingerprint density at radius 2 is 1.45 bits per heavy atom. The molecule has 0 spiro atoms. The maximum absolute atomic E-state index is 13.9. The summed E-state index contributed by atoms with van der Waals surface area (Å²) in [6, 6.07) is 14.8. The van der Waals surface area contributed by atoms with Crippen LogP contribution in [0.2, 0.25) is 0 Å². The number of ether oxygens (including phenoxy) is 2. The molecule has 0 saturated heterocycles. The lowest BCUT2D eigenvalue weighted by Gasteiger charge is -2.10. The van der Waals surface area contributed by atoms with Crippen LogP contribution >= 0.6 is 0 Å². The summed E-state index contributed by atoms with van der Waals surface area (Å²) >= 11 is 0. The minimum Gasteiger partial charge on any atom is -0.491 e. The first-order valence-corrected chi connectivity index (χ1v) is 9.37. The van der Waals surface area contributed by atoms with Crippen molar-refractivity contribution in [3.8, 4) is 16.9 Å². The van der Waals surface area contributed by atoms with Gasteiger partial charge in [0.1, 0.15) is 42.2 Å². The highest BCUT2D eigenvalue weighted by molar-refractivity contribution is 5.95. The van der Waals surface area contributed by atoms with E-state index in [1.807, 2.05) is 0 Å². The van der Waals surface area contributed by atoms with E-state index in [0.717, 1.165) is 29.8 Å². The molecule has 4 rings (SSSR count). The van der Waals surface area contributed by atoms with Gasteiger partial charge in [0.2, 0.25) is 5.90 Å². The molecule has 1 aliphatic rings. The van der Waals surface area contributed by atoms with E-state index >= 15 is 0 Å². The maximum Gasteiger partial charge on any atom is 0.416 e. The minimum absolute atomic E-state index is 0.0955. The molecule has 0 N–H and O–H groups in total. The number of hydrogen-bond donors (Lipinski definition) is 0. The third kappa shape index (κ3) is 4.68. The van der Waals surface area contributed by atoms with E-state index in [1.54, 1.807) is 24.3 Å². The van der Waals surface area contributed by atoms with Gasteiger partial charge >= 0.3 is 6.18 Å². The summed E-state index contributed by atoms with van der Waals surface area (Å²) in [4.78, 5) is 4.19. The van der Waals surface area contributed by atoms with Gasteiger partial charge in [-0.25, -0.2) is 13.8 Å². The normalized spacial score (nSPS) is 16.0. The molecule has 0 aromatic heterocycles. The van der Waals surface area contributed by atoms with Crippen LogP contribution in [-0.4, -0.2) is 25.2 Å². The van der Waals surface area contributed by atoms with Crippen molar-refractivity contribution in [2.75, 3.05) is 13.2 Å². The molecule has 1 aliphatic heterocycles. The molecule has 0 radical (unpaired) electrons. The van der Waals surface area contributed by atoms with Gasteiger partial charge in [-0.2, -0.15) is 13.2 Å². The van der Waals surface area contributed by atoms with Crippen LogP contribution in [-0.2, 0) is 10.9 Å². The fraction of sp³-hybridized carbons (Fsp3) is 0.174. The lowest BCUT2D eigenvalue weighted by atomic mass is 10.0. The fourth-order valence-electron chi connectivity index (χ4n) is 3.13. The monoisotopic (exact) mass is 433 g/mol. The highest BCUT2D eigenvalue weighted by atomic mass is 19.4. The lowest BCUT2D eigenvalue weighted by Crippen LogP contribution is -2.16. The quantitative estimate of drug-likeness (QED) is 0.471. The molecule has 3 nitrogen and oxygen atoms in total. The van der Waals surface area contributed by atoms with Gasteiger partial charge in [-0.1, -0.05) is 30.3 Å². The van der Waals surface area contributed by atoms with E-state index < -0.39 is 29.4 Å². The Morgan fingerprint density at radius 3 is 2.03 bits per heavy atom. The van der Waals surface area contributed by atoms with E-state index in [0.29, 0.717) is 11.3 Å². The van der Waals surface area contributed by atoms with Crippen LogP contribution in [0.5, 0.6) is 5.75 Å². The molecule has 3 aromatic carbocycles. The van der Waals surface area contributed by atoms with Crippen molar-refractivity contribution >= 4 is 5.90 Å². The largest absolute Gasteiger partial charge is 0.491 e. The number of alkyl halides is 3. The molecule has 1 unspecified atom stereocenters. The van der Waals surface area contributed by atoms with Crippen LogP contribution in [0.4, 0.5) is 22.0 Å². The average molecular weight is 433 g/mol. The van der Waals surface area contributed by atoms with Gasteiger partial charge in [0.15, 0.2) is 0 Å². The molecule has 1 atom stereocenters. The summed E-state index contributed by atoms with van der Waals surface area (Å²) in [5.41, 5.74) is 0.376. The van der Waals surface area contributed by atoms with Crippen molar-refractivity contribution < 1.29 is 31.4 Å². The van der Waals surface area contributed by atoms with Crippen LogP contribution in [0.1, 0.15) is 11.1 Å². The fourth-order valence-corrected chi connectivity index (χ4v) is 3.13. The number of nitrogens with zero attached hydrogens (tertiary/aromatic N) is 1. The van der Waals surface area contributed by atoms with E-state index in [4.69, 9.17) is 9.47 Å². The average Bonchev–Trinajstić information content (AvgIpc) is 3.20. The highest BCUT2D eigenvalue weighted by Gasteiger charge is 2.30. The predicted molar refractivity (Wildman–Crippen MR) is 105 cm³/mol. The van der Waals surface area contributed by atoms with Crippen LogP contribution in [0, 0.1) is 11.6 Å². The molecule has 0 fully saturated rings. The van der Waals surface area contributed by atoms with Gasteiger partial charge in [0.25, 0.3) is 0 Å². The first kappa shape index (κ1) is 20.8. The Bertz CT molecular complexity index is 1070. The van der Waals surface area contributed by atoms with Gasteiger partial charge in [-0.3, -0.25) is 0 Å². The minimum atomic E-state index is -4.37. The lowest BCUT2D eigenvalue weighted by molar-refractivity contribution is -0.137. The standard InChI is InChI=1S/C23H16F5NO2/c24-19-2-1-3-20(25)21(19)22-29-17(13-31-22)12-30-18-10-6-15(7-11-18)14-4-8-16(9-5-14)23(26,27)28/h1-11,17H,12-13H2. The summed E-state index contributed by atoms with van der Waals surface area (Å²) < 4.78 is 76.7. The molecular formula is C23H16F5NO2. The topological polar surface area (TPSA) is 30.8 Å². The molecule has 0 bridgehead atoms. The molecule has 1 heterocycles. The second-order valence-electron chi connectivity index (χ2n) is 6.91. The van der Waals surface area contributed by atoms with Gasteiger partial charge < -0.3 is 9.47 Å². The predicted octanol–water partition coefficient (Wildman–Crippen LogP) is 5.88. The van der Waals surface area contributed by atoms with Gasteiger partial charge in [0.05, 0.1) is 5.56 Å². The zero-order chi connectivity index (χ0) is 22.0. The summed E-state index contributed by atoms with van der Waals surface area (Å²) in [7, 11) is 0. The zero-order valence-electron chi connectivity index (χ0n) is 16.0. The Morgan fingerprint density at radius 1 is 0.871 bits per heavy atom. The van der Waals surface area contributed by atoms with E-state index in [1.165, 1.54) is 18.2 Å². The van der Waals surface area contributed by atoms with Crippen LogP contribution in [0.3, 0.4) is 0 Å². The summed E-state index contributed by atoms with van der Waals surface area (Å²) in [6.07, 6.45) is -4.37. The maximum atomic E-state index is 13.9. The number of halogens is 5. The third-order valence-electron chi connectivity index (χ3n) is 4.73. The highest BCUT2D eigenvalue weighted by Crippen LogP contribution is 2.31. The number of benzene rings is 3.